The summed E-state index contributed by atoms with van der Waals surface area (Å²) in [6.45, 7) is 6.63. The molecule has 0 unspecified atom stereocenters. The minimum atomic E-state index is 0.261. The maximum atomic E-state index is 8.75. The molecule has 3 heteroatoms. The van der Waals surface area contributed by atoms with Gasteiger partial charge in [-0.25, -0.2) is 0 Å². The lowest BCUT2D eigenvalue weighted by Crippen LogP contribution is -2.32. The molecular formula is C12H28N2O. The van der Waals surface area contributed by atoms with Crippen molar-refractivity contribution >= 4 is 0 Å². The van der Waals surface area contributed by atoms with Crippen molar-refractivity contribution in [2.75, 3.05) is 46.9 Å². The number of aliphatic hydroxyl groups is 1. The summed E-state index contributed by atoms with van der Waals surface area (Å²) in [6.07, 6.45) is 5.34. The second-order valence-electron chi connectivity index (χ2n) is 4.39. The molecule has 0 saturated heterocycles. The van der Waals surface area contributed by atoms with E-state index in [1.165, 1.54) is 32.2 Å². The van der Waals surface area contributed by atoms with E-state index in [0.717, 1.165) is 19.6 Å². The van der Waals surface area contributed by atoms with Crippen LogP contribution < -0.4 is 0 Å². The second-order valence-corrected chi connectivity index (χ2v) is 4.39. The number of hydrogen-bond donors (Lipinski definition) is 1. The fourth-order valence-electron chi connectivity index (χ4n) is 1.54. The highest BCUT2D eigenvalue weighted by Crippen LogP contribution is 1.99. The van der Waals surface area contributed by atoms with E-state index in [1.54, 1.807) is 0 Å². The molecule has 0 amide bonds. The Bertz CT molecular complexity index is 131. The predicted octanol–water partition coefficient (Wildman–Crippen LogP) is 1.42. The Morgan fingerprint density at radius 2 is 1.40 bits per heavy atom. The zero-order chi connectivity index (χ0) is 11.5. The largest absolute Gasteiger partial charge is 0.395 e. The van der Waals surface area contributed by atoms with Crippen molar-refractivity contribution in [2.45, 2.75) is 32.6 Å². The van der Waals surface area contributed by atoms with Crippen molar-refractivity contribution in [2.24, 2.45) is 0 Å². The van der Waals surface area contributed by atoms with Crippen LogP contribution in [0.4, 0.5) is 0 Å². The molecule has 15 heavy (non-hydrogen) atoms. The van der Waals surface area contributed by atoms with E-state index in [9.17, 15) is 0 Å². The highest BCUT2D eigenvalue weighted by atomic mass is 16.3. The van der Waals surface area contributed by atoms with Gasteiger partial charge >= 0.3 is 0 Å². The van der Waals surface area contributed by atoms with E-state index in [-0.39, 0.29) is 6.61 Å². The highest BCUT2D eigenvalue weighted by molar-refractivity contribution is 4.56. The summed E-state index contributed by atoms with van der Waals surface area (Å²) in [5, 5.41) is 8.75. The molecule has 0 aromatic heterocycles. The second kappa shape index (κ2) is 10.4. The number of unbranched alkanes of at least 4 members (excludes halogenated alkanes) is 3. The molecule has 0 spiro atoms. The quantitative estimate of drug-likeness (QED) is 0.560. The van der Waals surface area contributed by atoms with Gasteiger partial charge in [0.25, 0.3) is 0 Å². The van der Waals surface area contributed by atoms with E-state index in [4.69, 9.17) is 5.11 Å². The van der Waals surface area contributed by atoms with E-state index in [2.05, 4.69) is 30.8 Å². The summed E-state index contributed by atoms with van der Waals surface area (Å²) < 4.78 is 0. The van der Waals surface area contributed by atoms with Gasteiger partial charge in [-0.1, -0.05) is 26.2 Å². The number of likely N-dealkylation sites (N-methyl/N-ethyl adjacent to an activating group) is 2. The zero-order valence-corrected chi connectivity index (χ0v) is 10.7. The van der Waals surface area contributed by atoms with E-state index >= 15 is 0 Å². The molecule has 1 N–H and O–H groups in total. The van der Waals surface area contributed by atoms with Crippen LogP contribution in [0.25, 0.3) is 0 Å². The third-order valence-electron chi connectivity index (χ3n) is 2.74. The van der Waals surface area contributed by atoms with Crippen LogP contribution in [-0.2, 0) is 0 Å². The van der Waals surface area contributed by atoms with Gasteiger partial charge in [-0.2, -0.15) is 0 Å². The fourth-order valence-corrected chi connectivity index (χ4v) is 1.54. The highest BCUT2D eigenvalue weighted by Gasteiger charge is 2.01. The molecule has 0 aromatic rings. The van der Waals surface area contributed by atoms with Crippen LogP contribution >= 0.6 is 0 Å². The third-order valence-corrected chi connectivity index (χ3v) is 2.74. The molecular weight excluding hydrogens is 188 g/mol. The molecule has 0 bridgehead atoms. The molecule has 0 aromatic carbocycles. The molecule has 0 saturated carbocycles. The Morgan fingerprint density at radius 1 is 0.800 bits per heavy atom. The zero-order valence-electron chi connectivity index (χ0n) is 10.7. The van der Waals surface area contributed by atoms with Crippen molar-refractivity contribution < 1.29 is 5.11 Å². The Balaban J connectivity index is 3.28. The lowest BCUT2D eigenvalue weighted by atomic mass is 10.2. The van der Waals surface area contributed by atoms with Gasteiger partial charge in [0.2, 0.25) is 0 Å². The van der Waals surface area contributed by atoms with Crippen molar-refractivity contribution in [3.63, 3.8) is 0 Å². The SMILES string of the molecule is CCCCCCN(C)CCN(C)CCO. The van der Waals surface area contributed by atoms with Gasteiger partial charge in [0, 0.05) is 19.6 Å². The lowest BCUT2D eigenvalue weighted by molar-refractivity contribution is 0.201. The first-order valence-corrected chi connectivity index (χ1v) is 6.18. The van der Waals surface area contributed by atoms with Gasteiger partial charge < -0.3 is 14.9 Å². The number of hydrogen-bond acceptors (Lipinski definition) is 3. The smallest absolute Gasteiger partial charge is 0.0558 e. The normalized spacial score (nSPS) is 11.6. The summed E-state index contributed by atoms with van der Waals surface area (Å²) >= 11 is 0. The van der Waals surface area contributed by atoms with Gasteiger partial charge in [-0.15, -0.1) is 0 Å². The topological polar surface area (TPSA) is 26.7 Å². The van der Waals surface area contributed by atoms with Crippen LogP contribution in [0, 0.1) is 0 Å². The van der Waals surface area contributed by atoms with E-state index < -0.39 is 0 Å². The summed E-state index contributed by atoms with van der Waals surface area (Å²) in [6, 6.07) is 0. The van der Waals surface area contributed by atoms with Gasteiger partial charge in [0.15, 0.2) is 0 Å². The summed E-state index contributed by atoms with van der Waals surface area (Å²) in [7, 11) is 4.24. The summed E-state index contributed by atoms with van der Waals surface area (Å²) in [5.74, 6) is 0. The van der Waals surface area contributed by atoms with Crippen molar-refractivity contribution in [3.8, 4) is 0 Å². The average molecular weight is 216 g/mol. The van der Waals surface area contributed by atoms with Gasteiger partial charge in [0.1, 0.15) is 0 Å². The van der Waals surface area contributed by atoms with Crippen LogP contribution in [-0.4, -0.2) is 61.8 Å². The molecule has 0 radical (unpaired) electrons. The molecule has 0 aliphatic rings. The van der Waals surface area contributed by atoms with E-state index in [0.29, 0.717) is 0 Å². The van der Waals surface area contributed by atoms with Gasteiger partial charge in [0.05, 0.1) is 6.61 Å². The Hall–Kier alpha value is -0.120. The molecule has 3 nitrogen and oxygen atoms in total. The monoisotopic (exact) mass is 216 g/mol. The Kier molecular flexibility index (Phi) is 10.3. The van der Waals surface area contributed by atoms with Crippen molar-refractivity contribution in [1.82, 2.24) is 9.80 Å². The summed E-state index contributed by atoms with van der Waals surface area (Å²) in [5.41, 5.74) is 0. The van der Waals surface area contributed by atoms with Gasteiger partial charge in [-0.05, 0) is 27.1 Å². The third kappa shape index (κ3) is 10.2. The predicted molar refractivity (Wildman–Crippen MR) is 66.2 cm³/mol. The number of aliphatic hydroxyl groups excluding tert-OH is 1. The van der Waals surface area contributed by atoms with Crippen LogP contribution in [0.5, 0.6) is 0 Å². The maximum absolute atomic E-state index is 8.75. The average Bonchev–Trinajstić information content (AvgIpc) is 2.22. The molecule has 0 atom stereocenters. The van der Waals surface area contributed by atoms with Gasteiger partial charge in [-0.3, -0.25) is 0 Å². The first-order chi connectivity index (χ1) is 7.20. The lowest BCUT2D eigenvalue weighted by Gasteiger charge is -2.21. The molecule has 0 heterocycles. The van der Waals surface area contributed by atoms with Crippen LogP contribution in [0.3, 0.4) is 0 Å². The van der Waals surface area contributed by atoms with Crippen molar-refractivity contribution in [3.05, 3.63) is 0 Å². The van der Waals surface area contributed by atoms with Crippen LogP contribution in [0.15, 0.2) is 0 Å². The van der Waals surface area contributed by atoms with E-state index in [1.807, 2.05) is 0 Å². The van der Waals surface area contributed by atoms with Crippen LogP contribution in [0.1, 0.15) is 32.6 Å². The first kappa shape index (κ1) is 14.9. The molecule has 0 aliphatic carbocycles. The molecule has 0 rings (SSSR count). The summed E-state index contributed by atoms with van der Waals surface area (Å²) in [4.78, 5) is 4.55. The molecule has 0 aliphatic heterocycles. The first-order valence-electron chi connectivity index (χ1n) is 6.18. The Morgan fingerprint density at radius 3 is 1.93 bits per heavy atom. The minimum Gasteiger partial charge on any atom is -0.395 e. The number of rotatable bonds is 10. The fraction of sp³-hybridized carbons (Fsp3) is 1.00. The maximum Gasteiger partial charge on any atom is 0.0558 e. The Labute approximate surface area is 95.1 Å². The molecule has 0 fully saturated rings. The number of nitrogens with zero attached hydrogens (tertiary/aromatic N) is 2. The molecule has 92 valence electrons. The van der Waals surface area contributed by atoms with Crippen LogP contribution in [0.2, 0.25) is 0 Å². The standard InChI is InChI=1S/C12H28N2O/c1-4-5-6-7-8-13(2)9-10-14(3)11-12-15/h15H,4-12H2,1-3H3. The minimum absolute atomic E-state index is 0.261. The van der Waals surface area contributed by atoms with Crippen molar-refractivity contribution in [1.29, 1.82) is 0 Å².